The lowest BCUT2D eigenvalue weighted by Crippen LogP contribution is -2.41. The molecule has 0 aromatic carbocycles. The Balaban J connectivity index is 1.73. The molecule has 2 saturated heterocycles. The zero-order valence-electron chi connectivity index (χ0n) is 12.8. The predicted molar refractivity (Wildman–Crippen MR) is 83.1 cm³/mol. The molecule has 0 aliphatic carbocycles. The first-order chi connectivity index (χ1) is 9.70. The number of nitrogen functional groups attached to an aromatic ring is 1. The SMILES string of the molecule is CCn1nc(C)c(N)c1N1CCC(N2CCCCC2)C1. The third-order valence-electron chi connectivity index (χ3n) is 4.82. The second-order valence-electron chi connectivity index (χ2n) is 6.12. The van der Waals surface area contributed by atoms with Gasteiger partial charge < -0.3 is 10.6 Å². The normalized spacial score (nSPS) is 24.5. The average molecular weight is 277 g/mol. The van der Waals surface area contributed by atoms with Gasteiger partial charge in [-0.2, -0.15) is 5.10 Å². The maximum atomic E-state index is 6.24. The highest BCUT2D eigenvalue weighted by atomic mass is 15.4. The number of hydrogen-bond acceptors (Lipinski definition) is 4. The lowest BCUT2D eigenvalue weighted by Gasteiger charge is -2.32. The third kappa shape index (κ3) is 2.39. The van der Waals surface area contributed by atoms with E-state index in [1.807, 2.05) is 6.92 Å². The number of nitrogens with zero attached hydrogens (tertiary/aromatic N) is 4. The van der Waals surface area contributed by atoms with Gasteiger partial charge >= 0.3 is 0 Å². The minimum absolute atomic E-state index is 0.704. The van der Waals surface area contributed by atoms with E-state index in [4.69, 9.17) is 5.73 Å². The quantitative estimate of drug-likeness (QED) is 0.916. The minimum atomic E-state index is 0.704. The molecular weight excluding hydrogens is 250 g/mol. The van der Waals surface area contributed by atoms with Crippen LogP contribution in [0.3, 0.4) is 0 Å². The van der Waals surface area contributed by atoms with E-state index in [0.29, 0.717) is 6.04 Å². The molecule has 2 aliphatic heterocycles. The number of hydrogen-bond donors (Lipinski definition) is 1. The van der Waals surface area contributed by atoms with Crippen molar-refractivity contribution in [1.82, 2.24) is 14.7 Å². The van der Waals surface area contributed by atoms with Crippen LogP contribution in [0.5, 0.6) is 0 Å². The van der Waals surface area contributed by atoms with Crippen LogP contribution in [0.4, 0.5) is 11.5 Å². The number of aromatic nitrogens is 2. The largest absolute Gasteiger partial charge is 0.394 e. The van der Waals surface area contributed by atoms with Crippen molar-refractivity contribution < 1.29 is 0 Å². The lowest BCUT2D eigenvalue weighted by molar-refractivity contribution is 0.174. The number of nitrogens with two attached hydrogens (primary N) is 1. The molecule has 0 radical (unpaired) electrons. The van der Waals surface area contributed by atoms with Crippen molar-refractivity contribution in [1.29, 1.82) is 0 Å². The number of piperidine rings is 1. The first-order valence-electron chi connectivity index (χ1n) is 8.02. The summed E-state index contributed by atoms with van der Waals surface area (Å²) in [6, 6.07) is 0.704. The summed E-state index contributed by atoms with van der Waals surface area (Å²) < 4.78 is 2.06. The predicted octanol–water partition coefficient (Wildman–Crippen LogP) is 1.86. The van der Waals surface area contributed by atoms with Crippen LogP contribution in [-0.4, -0.2) is 46.9 Å². The van der Waals surface area contributed by atoms with Crippen molar-refractivity contribution in [2.24, 2.45) is 0 Å². The van der Waals surface area contributed by atoms with Crippen LogP contribution in [0.15, 0.2) is 0 Å². The van der Waals surface area contributed by atoms with E-state index in [0.717, 1.165) is 36.8 Å². The molecule has 2 fully saturated rings. The van der Waals surface area contributed by atoms with E-state index in [2.05, 4.69) is 26.5 Å². The first kappa shape index (κ1) is 13.7. The molecule has 1 aromatic heterocycles. The Morgan fingerprint density at radius 1 is 1.20 bits per heavy atom. The molecule has 0 saturated carbocycles. The maximum Gasteiger partial charge on any atom is 0.150 e. The second-order valence-corrected chi connectivity index (χ2v) is 6.12. The van der Waals surface area contributed by atoms with Gasteiger partial charge in [-0.3, -0.25) is 4.90 Å². The molecule has 1 atom stereocenters. The Hall–Kier alpha value is -1.23. The minimum Gasteiger partial charge on any atom is -0.394 e. The van der Waals surface area contributed by atoms with Crippen LogP contribution >= 0.6 is 0 Å². The molecule has 112 valence electrons. The summed E-state index contributed by atoms with van der Waals surface area (Å²) in [5, 5.41) is 4.55. The van der Waals surface area contributed by atoms with Crippen LogP contribution in [0, 0.1) is 6.92 Å². The molecule has 5 heteroatoms. The lowest BCUT2D eigenvalue weighted by atomic mass is 10.1. The summed E-state index contributed by atoms with van der Waals surface area (Å²) in [6.07, 6.45) is 5.39. The summed E-state index contributed by atoms with van der Waals surface area (Å²) in [6.45, 7) is 9.79. The molecule has 0 amide bonds. The Morgan fingerprint density at radius 3 is 2.65 bits per heavy atom. The monoisotopic (exact) mass is 277 g/mol. The van der Waals surface area contributed by atoms with E-state index in [-0.39, 0.29) is 0 Å². The number of anilines is 2. The summed E-state index contributed by atoms with van der Waals surface area (Å²) in [5.41, 5.74) is 8.07. The first-order valence-corrected chi connectivity index (χ1v) is 8.02. The van der Waals surface area contributed by atoms with Gasteiger partial charge in [0.15, 0.2) is 5.82 Å². The van der Waals surface area contributed by atoms with Crippen molar-refractivity contribution in [2.45, 2.75) is 52.1 Å². The summed E-state index contributed by atoms with van der Waals surface area (Å²) in [7, 11) is 0. The van der Waals surface area contributed by atoms with E-state index in [1.165, 1.54) is 38.8 Å². The van der Waals surface area contributed by atoms with Gasteiger partial charge in [0.25, 0.3) is 0 Å². The van der Waals surface area contributed by atoms with Crippen LogP contribution in [0.25, 0.3) is 0 Å². The van der Waals surface area contributed by atoms with E-state index >= 15 is 0 Å². The van der Waals surface area contributed by atoms with Gasteiger partial charge in [-0.15, -0.1) is 0 Å². The van der Waals surface area contributed by atoms with E-state index in [9.17, 15) is 0 Å². The summed E-state index contributed by atoms with van der Waals surface area (Å²) in [5.74, 6) is 1.14. The number of aryl methyl sites for hydroxylation is 2. The van der Waals surface area contributed by atoms with Gasteiger partial charge in [-0.1, -0.05) is 6.42 Å². The summed E-state index contributed by atoms with van der Waals surface area (Å²) in [4.78, 5) is 5.12. The molecule has 20 heavy (non-hydrogen) atoms. The Bertz CT molecular complexity index is 461. The maximum absolute atomic E-state index is 6.24. The van der Waals surface area contributed by atoms with Crippen LogP contribution < -0.4 is 10.6 Å². The molecular formula is C15H27N5. The van der Waals surface area contributed by atoms with Gasteiger partial charge in [-0.25, -0.2) is 4.68 Å². The molecule has 1 unspecified atom stereocenters. The van der Waals surface area contributed by atoms with Crippen molar-refractivity contribution in [3.8, 4) is 0 Å². The highest BCUT2D eigenvalue weighted by Gasteiger charge is 2.31. The molecule has 5 nitrogen and oxygen atoms in total. The van der Waals surface area contributed by atoms with Gasteiger partial charge in [0, 0.05) is 25.7 Å². The Labute approximate surface area is 121 Å². The zero-order valence-corrected chi connectivity index (χ0v) is 12.8. The molecule has 0 bridgehead atoms. The number of likely N-dealkylation sites (tertiary alicyclic amines) is 1. The fourth-order valence-corrected chi connectivity index (χ4v) is 3.65. The zero-order chi connectivity index (χ0) is 14.1. The van der Waals surface area contributed by atoms with Crippen molar-refractivity contribution in [3.63, 3.8) is 0 Å². The van der Waals surface area contributed by atoms with E-state index in [1.54, 1.807) is 0 Å². The Morgan fingerprint density at radius 2 is 1.95 bits per heavy atom. The second kappa shape index (κ2) is 5.64. The van der Waals surface area contributed by atoms with Gasteiger partial charge in [-0.05, 0) is 46.2 Å². The molecule has 1 aromatic rings. The van der Waals surface area contributed by atoms with Crippen molar-refractivity contribution in [3.05, 3.63) is 5.69 Å². The fraction of sp³-hybridized carbons (Fsp3) is 0.800. The Kier molecular flexibility index (Phi) is 3.87. The topological polar surface area (TPSA) is 50.3 Å². The van der Waals surface area contributed by atoms with Gasteiger partial charge in [0.1, 0.15) is 0 Å². The highest BCUT2D eigenvalue weighted by molar-refractivity contribution is 5.66. The molecule has 3 heterocycles. The molecule has 0 spiro atoms. The average Bonchev–Trinajstić information content (AvgIpc) is 3.06. The third-order valence-corrected chi connectivity index (χ3v) is 4.82. The van der Waals surface area contributed by atoms with E-state index < -0.39 is 0 Å². The van der Waals surface area contributed by atoms with Crippen molar-refractivity contribution in [2.75, 3.05) is 36.8 Å². The highest BCUT2D eigenvalue weighted by Crippen LogP contribution is 2.31. The molecule has 3 rings (SSSR count). The van der Waals surface area contributed by atoms with Gasteiger partial charge in [0.2, 0.25) is 0 Å². The number of rotatable bonds is 3. The van der Waals surface area contributed by atoms with Crippen LogP contribution in [0.2, 0.25) is 0 Å². The van der Waals surface area contributed by atoms with Crippen molar-refractivity contribution >= 4 is 11.5 Å². The smallest absolute Gasteiger partial charge is 0.150 e. The van der Waals surface area contributed by atoms with Gasteiger partial charge in [0.05, 0.1) is 11.4 Å². The van der Waals surface area contributed by atoms with Crippen LogP contribution in [-0.2, 0) is 6.54 Å². The summed E-state index contributed by atoms with van der Waals surface area (Å²) >= 11 is 0. The molecule has 2 aliphatic rings. The molecule has 2 N–H and O–H groups in total. The fourth-order valence-electron chi connectivity index (χ4n) is 3.65. The standard InChI is InChI=1S/C15H27N5/c1-3-20-15(14(16)12(2)17-20)19-10-7-13(11-19)18-8-5-4-6-9-18/h13H,3-11,16H2,1-2H3. The van der Waals surface area contributed by atoms with Crippen LogP contribution in [0.1, 0.15) is 38.3 Å².